The van der Waals surface area contributed by atoms with Gasteiger partial charge >= 0.3 is 0 Å². The summed E-state index contributed by atoms with van der Waals surface area (Å²) in [6.07, 6.45) is 0.310. The van der Waals surface area contributed by atoms with Crippen LogP contribution in [-0.2, 0) is 11.3 Å². The van der Waals surface area contributed by atoms with Crippen LogP contribution in [0.5, 0.6) is 0 Å². The summed E-state index contributed by atoms with van der Waals surface area (Å²) in [5.41, 5.74) is 4.70. The predicted molar refractivity (Wildman–Crippen MR) is 136 cm³/mol. The summed E-state index contributed by atoms with van der Waals surface area (Å²) in [6.45, 7) is 0.160. The number of benzene rings is 4. The molecule has 0 aromatic heterocycles. The van der Waals surface area contributed by atoms with E-state index in [9.17, 15) is 14.9 Å². The van der Waals surface area contributed by atoms with Crippen LogP contribution in [0.4, 0.5) is 11.4 Å². The summed E-state index contributed by atoms with van der Waals surface area (Å²) >= 11 is 1.66. The van der Waals surface area contributed by atoms with Gasteiger partial charge in [-0.2, -0.15) is 0 Å². The van der Waals surface area contributed by atoms with Crippen LogP contribution >= 0.6 is 11.8 Å². The quantitative estimate of drug-likeness (QED) is 0.234. The summed E-state index contributed by atoms with van der Waals surface area (Å²) in [4.78, 5) is 27.3. The van der Waals surface area contributed by atoms with E-state index in [1.54, 1.807) is 34.9 Å². The standard InChI is InChI=1S/C28H22N2O3S/c31-28-18-27(22-16-14-21(15-17-22)20-8-2-1-3-9-20)34-26-13-7-6-12-25(26)29(28)19-23-10-4-5-11-24(23)30(32)33/h1-17,27H,18-19H2. The Morgan fingerprint density at radius 1 is 0.824 bits per heavy atom. The van der Waals surface area contributed by atoms with Crippen LogP contribution in [-0.4, -0.2) is 10.8 Å². The molecule has 1 atom stereocenters. The van der Waals surface area contributed by atoms with Crippen LogP contribution in [0.25, 0.3) is 11.1 Å². The van der Waals surface area contributed by atoms with E-state index in [1.807, 2.05) is 42.5 Å². The lowest BCUT2D eigenvalue weighted by Gasteiger charge is -2.22. The summed E-state index contributed by atoms with van der Waals surface area (Å²) < 4.78 is 0. The first-order valence-electron chi connectivity index (χ1n) is 11.0. The first kappa shape index (κ1) is 21.9. The fraction of sp³-hybridized carbons (Fsp3) is 0.107. The van der Waals surface area contributed by atoms with Crippen molar-refractivity contribution in [1.29, 1.82) is 0 Å². The average molecular weight is 467 g/mol. The molecule has 0 fully saturated rings. The van der Waals surface area contributed by atoms with E-state index in [-0.39, 0.29) is 23.4 Å². The molecule has 1 unspecified atom stereocenters. The number of anilines is 1. The van der Waals surface area contributed by atoms with Crippen LogP contribution < -0.4 is 4.90 Å². The van der Waals surface area contributed by atoms with Crippen LogP contribution in [0.2, 0.25) is 0 Å². The van der Waals surface area contributed by atoms with Crippen molar-refractivity contribution in [2.75, 3.05) is 4.90 Å². The molecule has 168 valence electrons. The molecule has 0 saturated heterocycles. The van der Waals surface area contributed by atoms with Gasteiger partial charge < -0.3 is 4.90 Å². The number of hydrogen-bond acceptors (Lipinski definition) is 4. The minimum atomic E-state index is -0.393. The monoisotopic (exact) mass is 466 g/mol. The first-order valence-corrected chi connectivity index (χ1v) is 11.9. The molecule has 1 heterocycles. The predicted octanol–water partition coefficient (Wildman–Crippen LogP) is 7.03. The third kappa shape index (κ3) is 4.45. The SMILES string of the molecule is O=C1CC(c2ccc(-c3ccccc3)cc2)Sc2ccccc2N1Cc1ccccc1[N+](=O)[O-]. The summed E-state index contributed by atoms with van der Waals surface area (Å²) in [5, 5.41) is 11.5. The van der Waals surface area contributed by atoms with E-state index in [4.69, 9.17) is 0 Å². The third-order valence-corrected chi connectivity index (χ3v) is 7.32. The van der Waals surface area contributed by atoms with Crippen LogP contribution in [0.15, 0.2) is 108 Å². The van der Waals surface area contributed by atoms with E-state index in [0.717, 1.165) is 27.3 Å². The van der Waals surface area contributed by atoms with Gasteiger partial charge in [0.25, 0.3) is 5.69 Å². The highest BCUT2D eigenvalue weighted by atomic mass is 32.2. The molecule has 4 aromatic carbocycles. The van der Waals surface area contributed by atoms with Crippen molar-refractivity contribution in [1.82, 2.24) is 0 Å². The van der Waals surface area contributed by atoms with Crippen molar-refractivity contribution in [2.45, 2.75) is 23.1 Å². The topological polar surface area (TPSA) is 63.5 Å². The lowest BCUT2D eigenvalue weighted by molar-refractivity contribution is -0.385. The number of carbonyl (C=O) groups is 1. The first-order chi connectivity index (χ1) is 16.6. The fourth-order valence-corrected chi connectivity index (χ4v) is 5.53. The highest BCUT2D eigenvalue weighted by molar-refractivity contribution is 7.99. The molecule has 0 radical (unpaired) electrons. The van der Waals surface area contributed by atoms with E-state index in [0.29, 0.717) is 12.0 Å². The normalized spacial score (nSPS) is 15.5. The average Bonchev–Trinajstić information content (AvgIpc) is 3.01. The summed E-state index contributed by atoms with van der Waals surface area (Å²) in [7, 11) is 0. The number of nitro benzene ring substituents is 1. The Hall–Kier alpha value is -3.90. The minimum Gasteiger partial charge on any atom is -0.307 e. The minimum absolute atomic E-state index is 0.0257. The van der Waals surface area contributed by atoms with Gasteiger partial charge in [-0.3, -0.25) is 14.9 Å². The third-order valence-electron chi connectivity index (χ3n) is 5.99. The molecule has 1 amide bonds. The Morgan fingerprint density at radius 3 is 2.24 bits per heavy atom. The largest absolute Gasteiger partial charge is 0.307 e. The Bertz CT molecular complexity index is 1340. The van der Waals surface area contributed by atoms with Gasteiger partial charge in [-0.05, 0) is 28.8 Å². The lowest BCUT2D eigenvalue weighted by atomic mass is 10.0. The second-order valence-corrected chi connectivity index (χ2v) is 9.38. The Balaban J connectivity index is 1.46. The van der Waals surface area contributed by atoms with Crippen molar-refractivity contribution < 1.29 is 9.72 Å². The van der Waals surface area contributed by atoms with Crippen molar-refractivity contribution in [3.8, 4) is 11.1 Å². The van der Waals surface area contributed by atoms with E-state index >= 15 is 0 Å². The smallest absolute Gasteiger partial charge is 0.274 e. The molecule has 0 aliphatic carbocycles. The fourth-order valence-electron chi connectivity index (χ4n) is 4.25. The number of para-hydroxylation sites is 2. The van der Waals surface area contributed by atoms with Gasteiger partial charge in [0, 0.05) is 28.2 Å². The number of carbonyl (C=O) groups excluding carboxylic acids is 1. The summed E-state index contributed by atoms with van der Waals surface area (Å²) in [5.74, 6) is -0.0484. The van der Waals surface area contributed by atoms with Crippen LogP contribution in [0.3, 0.4) is 0 Å². The Labute approximate surface area is 202 Å². The number of hydrogen-bond donors (Lipinski definition) is 0. The number of rotatable bonds is 5. The van der Waals surface area contributed by atoms with Gasteiger partial charge in [0.15, 0.2) is 0 Å². The van der Waals surface area contributed by atoms with Gasteiger partial charge in [-0.25, -0.2) is 0 Å². The molecule has 0 saturated carbocycles. The molecule has 0 N–H and O–H groups in total. The molecular formula is C28H22N2O3S. The van der Waals surface area contributed by atoms with Crippen molar-refractivity contribution in [2.24, 2.45) is 0 Å². The molecule has 5 rings (SSSR count). The van der Waals surface area contributed by atoms with Crippen molar-refractivity contribution in [3.63, 3.8) is 0 Å². The molecule has 1 aliphatic rings. The number of amides is 1. The summed E-state index contributed by atoms with van der Waals surface area (Å²) in [6, 6.07) is 33.0. The maximum absolute atomic E-state index is 13.5. The highest BCUT2D eigenvalue weighted by Gasteiger charge is 2.30. The zero-order valence-corrected chi connectivity index (χ0v) is 19.2. The van der Waals surface area contributed by atoms with Gasteiger partial charge in [0.1, 0.15) is 0 Å². The highest BCUT2D eigenvalue weighted by Crippen LogP contribution is 2.46. The molecule has 5 nitrogen and oxygen atoms in total. The molecule has 0 spiro atoms. The van der Waals surface area contributed by atoms with Gasteiger partial charge in [0.2, 0.25) is 5.91 Å². The van der Waals surface area contributed by atoms with E-state index < -0.39 is 4.92 Å². The van der Waals surface area contributed by atoms with E-state index in [1.165, 1.54) is 6.07 Å². The lowest BCUT2D eigenvalue weighted by Crippen LogP contribution is -2.30. The number of nitrogens with zero attached hydrogens (tertiary/aromatic N) is 2. The second-order valence-electron chi connectivity index (χ2n) is 8.13. The van der Waals surface area contributed by atoms with Gasteiger partial charge in [-0.15, -0.1) is 11.8 Å². The zero-order chi connectivity index (χ0) is 23.5. The van der Waals surface area contributed by atoms with E-state index in [2.05, 4.69) is 36.4 Å². The van der Waals surface area contributed by atoms with Crippen molar-refractivity contribution >= 4 is 29.0 Å². The molecule has 6 heteroatoms. The number of fused-ring (bicyclic) bond motifs is 1. The van der Waals surface area contributed by atoms with Crippen LogP contribution in [0.1, 0.15) is 22.8 Å². The second kappa shape index (κ2) is 9.53. The molecule has 4 aromatic rings. The molecule has 34 heavy (non-hydrogen) atoms. The van der Waals surface area contributed by atoms with Crippen molar-refractivity contribution in [3.05, 3.63) is 124 Å². The van der Waals surface area contributed by atoms with Crippen LogP contribution in [0, 0.1) is 10.1 Å². The van der Waals surface area contributed by atoms with Gasteiger partial charge in [0.05, 0.1) is 17.2 Å². The molecular weight excluding hydrogens is 444 g/mol. The Morgan fingerprint density at radius 2 is 1.47 bits per heavy atom. The maximum atomic E-state index is 13.5. The van der Waals surface area contributed by atoms with Gasteiger partial charge in [-0.1, -0.05) is 84.9 Å². The zero-order valence-electron chi connectivity index (χ0n) is 18.3. The Kier molecular flexibility index (Phi) is 6.14. The molecule has 0 bridgehead atoms. The number of thioether (sulfide) groups is 1. The molecule has 1 aliphatic heterocycles. The number of nitro groups is 1. The maximum Gasteiger partial charge on any atom is 0.274 e.